The Bertz CT molecular complexity index is 556. The van der Waals surface area contributed by atoms with Gasteiger partial charge in [0.15, 0.2) is 0 Å². The molecule has 0 aliphatic carbocycles. The lowest BCUT2D eigenvalue weighted by Gasteiger charge is -2.28. The molecule has 0 aliphatic heterocycles. The molecule has 0 radical (unpaired) electrons. The predicted molar refractivity (Wildman–Crippen MR) is 140 cm³/mol. The Balaban J connectivity index is -0.000000472. The summed E-state index contributed by atoms with van der Waals surface area (Å²) in [7, 11) is 0. The van der Waals surface area contributed by atoms with Crippen LogP contribution in [-0.4, -0.2) is 4.90 Å². The molecular formula is C28H45N. The van der Waals surface area contributed by atoms with Gasteiger partial charge in [-0.25, -0.2) is 0 Å². The Labute approximate surface area is 182 Å². The highest BCUT2D eigenvalue weighted by Gasteiger charge is 2.12. The van der Waals surface area contributed by atoms with E-state index < -0.39 is 0 Å². The summed E-state index contributed by atoms with van der Waals surface area (Å²) in [5, 5.41) is 0. The Kier molecular flexibility index (Phi) is 34.9. The van der Waals surface area contributed by atoms with Crippen molar-refractivity contribution in [3.05, 3.63) is 122 Å². The van der Waals surface area contributed by atoms with E-state index in [1.807, 2.05) is 110 Å². The zero-order chi connectivity index (χ0) is 23.5. The van der Waals surface area contributed by atoms with E-state index in [1.165, 1.54) is 0 Å². The first-order valence-electron chi connectivity index (χ1n) is 10.5. The van der Waals surface area contributed by atoms with Gasteiger partial charge in [0, 0.05) is 17.1 Å². The fourth-order valence-electron chi connectivity index (χ4n) is 1.87. The van der Waals surface area contributed by atoms with Gasteiger partial charge < -0.3 is 4.90 Å². The van der Waals surface area contributed by atoms with Crippen LogP contribution >= 0.6 is 0 Å². The Morgan fingerprint density at radius 1 is 0.517 bits per heavy atom. The van der Waals surface area contributed by atoms with Gasteiger partial charge in [0.2, 0.25) is 0 Å². The van der Waals surface area contributed by atoms with Gasteiger partial charge in [0.05, 0.1) is 0 Å². The monoisotopic (exact) mass is 395 g/mol. The molecule has 1 nitrogen and oxygen atoms in total. The topological polar surface area (TPSA) is 3.24 Å². The highest BCUT2D eigenvalue weighted by Crippen LogP contribution is 2.24. The van der Waals surface area contributed by atoms with Gasteiger partial charge in [-0.2, -0.15) is 0 Å². The summed E-state index contributed by atoms with van der Waals surface area (Å²) < 4.78 is 0. The molecule has 0 spiro atoms. The van der Waals surface area contributed by atoms with Crippen LogP contribution in [0.5, 0.6) is 0 Å². The number of rotatable bonds is 10. The minimum atomic E-state index is 0.975. The second-order valence-electron chi connectivity index (χ2n) is 4.37. The van der Waals surface area contributed by atoms with Crippen molar-refractivity contribution in [3.63, 3.8) is 0 Å². The molecule has 29 heavy (non-hydrogen) atoms. The zero-order valence-electron chi connectivity index (χ0n) is 20.3. The third-order valence-electron chi connectivity index (χ3n) is 2.86. The third kappa shape index (κ3) is 17.1. The second kappa shape index (κ2) is 29.9. The predicted octanol–water partition coefficient (Wildman–Crippen LogP) is 9.47. The van der Waals surface area contributed by atoms with Crippen molar-refractivity contribution in [1.29, 1.82) is 0 Å². The van der Waals surface area contributed by atoms with Crippen LogP contribution in [0.25, 0.3) is 0 Å². The third-order valence-corrected chi connectivity index (χ3v) is 2.86. The lowest BCUT2D eigenvalue weighted by molar-refractivity contribution is 0.575. The summed E-state index contributed by atoms with van der Waals surface area (Å²) in [4.78, 5) is 2.13. The summed E-state index contributed by atoms with van der Waals surface area (Å²) in [5.74, 6) is 0. The molecule has 0 aromatic carbocycles. The standard InChI is InChI=1S/C22H27N.3C2H6/c1-7-13-17-20(11-5)23(21(12-6)18-14-8-2)22(16-10-4)19-15-9-3;3*1-2/h7-19H,1-4H2,5-6H3;3*1-2H3/b17-13-,18-14-,19-15-,20-11+,21-12+,22-16+;;;. The molecule has 1 heteroatoms. The first-order valence-corrected chi connectivity index (χ1v) is 10.5. The minimum Gasteiger partial charge on any atom is -0.311 e. The number of nitrogens with zero attached hydrogens (tertiary/aromatic N) is 1. The molecule has 0 saturated carbocycles. The molecule has 0 unspecified atom stereocenters. The maximum Gasteiger partial charge on any atom is 0.0461 e. The van der Waals surface area contributed by atoms with E-state index in [9.17, 15) is 0 Å². The second-order valence-corrected chi connectivity index (χ2v) is 4.37. The number of hydrogen-bond acceptors (Lipinski definition) is 1. The smallest absolute Gasteiger partial charge is 0.0461 e. The van der Waals surface area contributed by atoms with Crippen LogP contribution < -0.4 is 0 Å². The van der Waals surface area contributed by atoms with Crippen molar-refractivity contribution in [3.8, 4) is 0 Å². The van der Waals surface area contributed by atoms with Gasteiger partial charge in [-0.15, -0.1) is 0 Å². The molecular weight excluding hydrogens is 350 g/mol. The van der Waals surface area contributed by atoms with Crippen LogP contribution in [0, 0.1) is 0 Å². The van der Waals surface area contributed by atoms with E-state index in [-0.39, 0.29) is 0 Å². The number of hydrogen-bond donors (Lipinski definition) is 0. The average molecular weight is 396 g/mol. The molecule has 0 aromatic rings. The van der Waals surface area contributed by atoms with E-state index in [4.69, 9.17) is 0 Å². The summed E-state index contributed by atoms with van der Waals surface area (Å²) in [6, 6.07) is 0. The Hall–Kier alpha value is -2.80. The molecule has 0 bridgehead atoms. The Morgan fingerprint density at radius 2 is 0.828 bits per heavy atom. The molecule has 0 amide bonds. The van der Waals surface area contributed by atoms with Crippen LogP contribution in [0.4, 0.5) is 0 Å². The highest BCUT2D eigenvalue weighted by molar-refractivity contribution is 5.40. The molecule has 162 valence electrons. The number of allylic oxidation sites excluding steroid dienone is 13. The van der Waals surface area contributed by atoms with Crippen molar-refractivity contribution >= 4 is 0 Å². The maximum absolute atomic E-state index is 3.82. The average Bonchev–Trinajstić information content (AvgIpc) is 2.80. The van der Waals surface area contributed by atoms with E-state index in [0.717, 1.165) is 17.1 Å². The van der Waals surface area contributed by atoms with Gasteiger partial charge in [0.25, 0.3) is 0 Å². The SMILES string of the molecule is C=C/C=C\C(=C/C)N(C(/C=C\C=C)=C/C)C(/C=C\C=C)=C/C=C.CC.CC.CC. The highest BCUT2D eigenvalue weighted by atomic mass is 15.2. The van der Waals surface area contributed by atoms with Crippen molar-refractivity contribution in [2.45, 2.75) is 55.4 Å². The molecule has 0 atom stereocenters. The summed E-state index contributed by atoms with van der Waals surface area (Å²) in [6.07, 6.45) is 24.8. The molecule has 0 saturated heterocycles. The van der Waals surface area contributed by atoms with Crippen molar-refractivity contribution in [2.75, 3.05) is 0 Å². The van der Waals surface area contributed by atoms with Crippen LogP contribution in [0.15, 0.2) is 122 Å². The fraction of sp³-hybridized carbons (Fsp3) is 0.286. The van der Waals surface area contributed by atoms with Crippen LogP contribution in [0.1, 0.15) is 55.4 Å². The first kappa shape index (κ1) is 33.8. The fourth-order valence-corrected chi connectivity index (χ4v) is 1.87. The molecule has 0 aliphatic rings. The molecule has 0 N–H and O–H groups in total. The van der Waals surface area contributed by atoms with Crippen molar-refractivity contribution in [1.82, 2.24) is 4.90 Å². The van der Waals surface area contributed by atoms with Crippen LogP contribution in [0.3, 0.4) is 0 Å². The molecule has 0 heterocycles. The van der Waals surface area contributed by atoms with Gasteiger partial charge in [-0.05, 0) is 38.2 Å². The molecule has 0 fully saturated rings. The lowest BCUT2D eigenvalue weighted by atomic mass is 10.2. The van der Waals surface area contributed by atoms with Gasteiger partial charge in [0.1, 0.15) is 0 Å². The van der Waals surface area contributed by atoms with E-state index >= 15 is 0 Å². The quantitative estimate of drug-likeness (QED) is 0.333. The van der Waals surface area contributed by atoms with Gasteiger partial charge in [-0.3, -0.25) is 0 Å². The zero-order valence-corrected chi connectivity index (χ0v) is 20.3. The van der Waals surface area contributed by atoms with Crippen molar-refractivity contribution in [2.24, 2.45) is 0 Å². The van der Waals surface area contributed by atoms with Crippen LogP contribution in [-0.2, 0) is 0 Å². The van der Waals surface area contributed by atoms with E-state index in [1.54, 1.807) is 24.3 Å². The summed E-state index contributed by atoms with van der Waals surface area (Å²) in [5.41, 5.74) is 3.02. The van der Waals surface area contributed by atoms with Crippen molar-refractivity contribution < 1.29 is 0 Å². The van der Waals surface area contributed by atoms with Crippen LogP contribution in [0.2, 0.25) is 0 Å². The van der Waals surface area contributed by atoms with Gasteiger partial charge in [-0.1, -0.05) is 123 Å². The summed E-state index contributed by atoms with van der Waals surface area (Å²) in [6.45, 7) is 31.0. The first-order chi connectivity index (χ1) is 14.2. The summed E-state index contributed by atoms with van der Waals surface area (Å²) >= 11 is 0. The van der Waals surface area contributed by atoms with Gasteiger partial charge >= 0.3 is 0 Å². The largest absolute Gasteiger partial charge is 0.311 e. The van der Waals surface area contributed by atoms with E-state index in [2.05, 4.69) is 31.2 Å². The molecule has 0 aromatic heterocycles. The Morgan fingerprint density at radius 3 is 1.07 bits per heavy atom. The molecule has 0 rings (SSSR count). The minimum absolute atomic E-state index is 0.975. The lowest BCUT2D eigenvalue weighted by Crippen LogP contribution is -2.19. The normalized spacial score (nSPS) is 11.5. The van der Waals surface area contributed by atoms with E-state index in [0.29, 0.717) is 0 Å². The maximum atomic E-state index is 3.82.